The molecule has 1 N–H and O–H groups in total. The molecule has 1 atom stereocenters. The van der Waals surface area contributed by atoms with Crippen LogP contribution in [0.25, 0.3) is 11.0 Å². The lowest BCUT2D eigenvalue weighted by Crippen LogP contribution is -2.45. The molecule has 0 spiro atoms. The van der Waals surface area contributed by atoms with Gasteiger partial charge in [0.2, 0.25) is 0 Å². The van der Waals surface area contributed by atoms with Gasteiger partial charge in [0.1, 0.15) is 11.9 Å². The molecule has 1 aromatic carbocycles. The molecule has 0 radical (unpaired) electrons. The number of benzene rings is 1. The van der Waals surface area contributed by atoms with Crippen molar-refractivity contribution < 1.29 is 9.63 Å². The van der Waals surface area contributed by atoms with Gasteiger partial charge >= 0.3 is 0 Å². The van der Waals surface area contributed by atoms with Gasteiger partial charge in [-0.2, -0.15) is 0 Å². The van der Waals surface area contributed by atoms with Gasteiger partial charge in [-0.3, -0.25) is 0 Å². The third kappa shape index (κ3) is 3.90. The SMILES string of the molecule is C=C1C(CCN2CCC(c3noc4cc(CC)ccc34)CC2)=C(C)N=C2C(O)CCCN12. The van der Waals surface area contributed by atoms with Crippen molar-refractivity contribution >= 4 is 16.8 Å². The van der Waals surface area contributed by atoms with Crippen molar-refractivity contribution in [3.63, 3.8) is 0 Å². The Morgan fingerprint density at radius 1 is 1.19 bits per heavy atom. The molecular formula is C26H34N4O2. The van der Waals surface area contributed by atoms with Gasteiger partial charge in [0, 0.05) is 35.8 Å². The van der Waals surface area contributed by atoms with Crippen LogP contribution in [-0.4, -0.2) is 58.2 Å². The van der Waals surface area contributed by atoms with Crippen molar-refractivity contribution in [1.82, 2.24) is 15.0 Å². The monoisotopic (exact) mass is 434 g/mol. The third-order valence-corrected chi connectivity index (χ3v) is 7.45. The molecule has 4 heterocycles. The highest BCUT2D eigenvalue weighted by Gasteiger charge is 2.32. The summed E-state index contributed by atoms with van der Waals surface area (Å²) in [5.74, 6) is 1.25. The van der Waals surface area contributed by atoms with E-state index in [-0.39, 0.29) is 0 Å². The van der Waals surface area contributed by atoms with Gasteiger partial charge in [-0.05, 0) is 81.8 Å². The van der Waals surface area contributed by atoms with Crippen LogP contribution in [0, 0.1) is 0 Å². The van der Waals surface area contributed by atoms with Crippen LogP contribution in [-0.2, 0) is 6.42 Å². The highest BCUT2D eigenvalue weighted by atomic mass is 16.5. The van der Waals surface area contributed by atoms with E-state index in [1.54, 1.807) is 0 Å². The first-order valence-electron chi connectivity index (χ1n) is 12.1. The van der Waals surface area contributed by atoms with E-state index in [2.05, 4.69) is 53.6 Å². The van der Waals surface area contributed by atoms with Gasteiger partial charge in [0.15, 0.2) is 5.58 Å². The summed E-state index contributed by atoms with van der Waals surface area (Å²) in [5.41, 5.74) is 6.62. The van der Waals surface area contributed by atoms with Crippen LogP contribution < -0.4 is 0 Å². The summed E-state index contributed by atoms with van der Waals surface area (Å²) < 4.78 is 5.66. The van der Waals surface area contributed by atoms with Crippen LogP contribution in [0.1, 0.15) is 63.1 Å². The number of hydrogen-bond acceptors (Lipinski definition) is 6. The molecule has 6 heteroatoms. The molecule has 1 unspecified atom stereocenters. The first kappa shape index (κ1) is 21.4. The van der Waals surface area contributed by atoms with Gasteiger partial charge in [0.25, 0.3) is 0 Å². The predicted molar refractivity (Wildman–Crippen MR) is 128 cm³/mol. The molecule has 0 aliphatic carbocycles. The van der Waals surface area contributed by atoms with Crippen molar-refractivity contribution in [3.8, 4) is 0 Å². The second-order valence-corrected chi connectivity index (χ2v) is 9.41. The summed E-state index contributed by atoms with van der Waals surface area (Å²) in [6.07, 6.45) is 5.49. The van der Waals surface area contributed by atoms with Gasteiger partial charge < -0.3 is 19.4 Å². The quantitative estimate of drug-likeness (QED) is 0.744. The Hall–Kier alpha value is -2.44. The zero-order valence-corrected chi connectivity index (χ0v) is 19.3. The molecule has 0 bridgehead atoms. The molecule has 0 amide bonds. The molecule has 2 saturated heterocycles. The molecule has 6 nitrogen and oxygen atoms in total. The normalized spacial score (nSPS) is 23.1. The Labute approximate surface area is 190 Å². The molecule has 2 fully saturated rings. The van der Waals surface area contributed by atoms with E-state index >= 15 is 0 Å². The van der Waals surface area contributed by atoms with Crippen LogP contribution in [0.5, 0.6) is 0 Å². The van der Waals surface area contributed by atoms with Crippen molar-refractivity contribution in [3.05, 3.63) is 53.0 Å². The zero-order chi connectivity index (χ0) is 22.2. The van der Waals surface area contributed by atoms with Crippen LogP contribution in [0.2, 0.25) is 0 Å². The predicted octanol–water partition coefficient (Wildman–Crippen LogP) is 4.62. The minimum Gasteiger partial charge on any atom is -0.385 e. The van der Waals surface area contributed by atoms with Crippen LogP contribution >= 0.6 is 0 Å². The average Bonchev–Trinajstić information content (AvgIpc) is 3.23. The summed E-state index contributed by atoms with van der Waals surface area (Å²) in [7, 11) is 0. The number of piperidine rings is 2. The van der Waals surface area contributed by atoms with E-state index in [1.165, 1.54) is 16.5 Å². The number of hydrogen-bond donors (Lipinski definition) is 1. The highest BCUT2D eigenvalue weighted by molar-refractivity contribution is 5.91. The lowest BCUT2D eigenvalue weighted by molar-refractivity contribution is 0.187. The van der Waals surface area contributed by atoms with E-state index in [1.807, 2.05) is 0 Å². The Morgan fingerprint density at radius 2 is 2.00 bits per heavy atom. The maximum atomic E-state index is 10.3. The van der Waals surface area contributed by atoms with E-state index < -0.39 is 6.10 Å². The van der Waals surface area contributed by atoms with E-state index in [9.17, 15) is 5.11 Å². The maximum Gasteiger partial charge on any atom is 0.167 e. The van der Waals surface area contributed by atoms with Gasteiger partial charge in [-0.25, -0.2) is 4.99 Å². The summed E-state index contributed by atoms with van der Waals surface area (Å²) in [5, 5.41) is 15.9. The Bertz CT molecular complexity index is 1070. The topological polar surface area (TPSA) is 65.1 Å². The number of aliphatic imine (C=N–C) groups is 1. The minimum absolute atomic E-state index is 0.461. The van der Waals surface area contributed by atoms with Gasteiger partial charge in [0.05, 0.1) is 5.69 Å². The van der Waals surface area contributed by atoms with E-state index in [0.717, 1.165) is 93.2 Å². The fourth-order valence-corrected chi connectivity index (χ4v) is 5.43. The second-order valence-electron chi connectivity index (χ2n) is 9.41. The molecular weight excluding hydrogens is 400 g/mol. The summed E-state index contributed by atoms with van der Waals surface area (Å²) >= 11 is 0. The molecule has 5 rings (SSSR count). The van der Waals surface area contributed by atoms with Crippen molar-refractivity contribution in [2.24, 2.45) is 4.99 Å². The standard InChI is InChI=1S/C26H34N4O2/c1-4-19-7-8-22-24(16-19)32-28-25(22)20-9-13-29(14-10-20)15-11-21-17(2)27-26-23(31)6-5-12-30(26)18(21)3/h7-8,16,20,23,31H,3-6,9-15H2,1-2H3. The van der Waals surface area contributed by atoms with Crippen molar-refractivity contribution in [1.29, 1.82) is 0 Å². The lowest BCUT2D eigenvalue weighted by Gasteiger charge is -2.39. The van der Waals surface area contributed by atoms with E-state index in [4.69, 9.17) is 9.52 Å². The maximum absolute atomic E-state index is 10.3. The first-order valence-corrected chi connectivity index (χ1v) is 12.1. The van der Waals surface area contributed by atoms with E-state index in [0.29, 0.717) is 5.92 Å². The Morgan fingerprint density at radius 3 is 2.78 bits per heavy atom. The smallest absolute Gasteiger partial charge is 0.167 e. The summed E-state index contributed by atoms with van der Waals surface area (Å²) in [4.78, 5) is 9.42. The lowest BCUT2D eigenvalue weighted by atomic mass is 9.91. The molecule has 3 aliphatic heterocycles. The van der Waals surface area contributed by atoms with Crippen LogP contribution in [0.15, 0.2) is 51.3 Å². The van der Waals surface area contributed by atoms with Gasteiger partial charge in [-0.15, -0.1) is 0 Å². The van der Waals surface area contributed by atoms with Crippen LogP contribution in [0.3, 0.4) is 0 Å². The second kappa shape index (κ2) is 8.83. The number of aliphatic hydroxyl groups is 1. The molecule has 3 aliphatic rings. The minimum atomic E-state index is -0.461. The summed E-state index contributed by atoms with van der Waals surface area (Å²) in [6.45, 7) is 12.6. The molecule has 32 heavy (non-hydrogen) atoms. The number of aromatic nitrogens is 1. The first-order chi connectivity index (χ1) is 15.5. The number of aryl methyl sites for hydroxylation is 1. The number of rotatable bonds is 5. The van der Waals surface area contributed by atoms with Gasteiger partial charge in [-0.1, -0.05) is 24.7 Å². The Balaban J connectivity index is 1.21. The fraction of sp³-hybridized carbons (Fsp3) is 0.538. The van der Waals surface area contributed by atoms with Crippen LogP contribution in [0.4, 0.5) is 0 Å². The van der Waals surface area contributed by atoms with Crippen molar-refractivity contribution in [2.45, 2.75) is 64.4 Å². The number of nitrogens with zero attached hydrogens (tertiary/aromatic N) is 4. The number of aliphatic hydroxyl groups excluding tert-OH is 1. The average molecular weight is 435 g/mol. The molecule has 0 saturated carbocycles. The molecule has 170 valence electrons. The number of fused-ring (bicyclic) bond motifs is 2. The van der Waals surface area contributed by atoms with Crippen molar-refractivity contribution in [2.75, 3.05) is 26.2 Å². The number of amidine groups is 1. The molecule has 2 aromatic rings. The zero-order valence-electron chi connectivity index (χ0n) is 19.3. The highest BCUT2D eigenvalue weighted by Crippen LogP contribution is 2.34. The number of likely N-dealkylation sites (tertiary alicyclic amines) is 1. The largest absolute Gasteiger partial charge is 0.385 e. The Kier molecular flexibility index (Phi) is 5.91. The fourth-order valence-electron chi connectivity index (χ4n) is 5.43. The molecule has 1 aromatic heterocycles. The third-order valence-electron chi connectivity index (χ3n) is 7.45. The number of allylic oxidation sites excluding steroid dienone is 2. The summed E-state index contributed by atoms with van der Waals surface area (Å²) in [6, 6.07) is 6.51.